The second-order valence-corrected chi connectivity index (χ2v) is 3.77. The van der Waals surface area contributed by atoms with Crippen LogP contribution in [0.2, 0.25) is 0 Å². The van der Waals surface area contributed by atoms with Crippen LogP contribution in [0.5, 0.6) is 0 Å². The molecule has 3 rings (SSSR count). The van der Waals surface area contributed by atoms with Gasteiger partial charge in [-0.05, 0) is 19.3 Å². The van der Waals surface area contributed by atoms with Crippen molar-refractivity contribution < 1.29 is 0 Å². The summed E-state index contributed by atoms with van der Waals surface area (Å²) in [6.07, 6.45) is 5.57. The standard InChI is InChI=1S/C9H12N6/c1-2-4-15(5-3-1)7-6-10-12-9-8(7)11-14-13-9/h6H,1-5H2,(H,11,12,13,14). The Balaban J connectivity index is 2.05. The van der Waals surface area contributed by atoms with Gasteiger partial charge in [-0.3, -0.25) is 0 Å². The van der Waals surface area contributed by atoms with Crippen molar-refractivity contribution in [3.63, 3.8) is 0 Å². The Labute approximate surface area is 86.7 Å². The molecule has 6 heteroatoms. The predicted octanol–water partition coefficient (Wildman–Crippen LogP) is 0.738. The topological polar surface area (TPSA) is 70.6 Å². The van der Waals surface area contributed by atoms with E-state index in [0.717, 1.165) is 24.3 Å². The summed E-state index contributed by atoms with van der Waals surface area (Å²) in [5.41, 5.74) is 2.47. The first-order valence-corrected chi connectivity index (χ1v) is 5.22. The molecule has 0 bridgehead atoms. The SMILES string of the molecule is c1nnc2n[nH]nc2c1N1CCCCC1. The summed E-state index contributed by atoms with van der Waals surface area (Å²) in [6, 6.07) is 0. The molecule has 1 N–H and O–H groups in total. The number of fused-ring (bicyclic) bond motifs is 1. The van der Waals surface area contributed by atoms with Gasteiger partial charge in [0.15, 0.2) is 5.52 Å². The Hall–Kier alpha value is -1.72. The molecule has 1 fully saturated rings. The van der Waals surface area contributed by atoms with E-state index in [9.17, 15) is 0 Å². The van der Waals surface area contributed by atoms with E-state index in [1.807, 2.05) is 0 Å². The van der Waals surface area contributed by atoms with Gasteiger partial charge in [-0.2, -0.15) is 15.4 Å². The number of aromatic amines is 1. The Morgan fingerprint density at radius 2 is 2.00 bits per heavy atom. The highest BCUT2D eigenvalue weighted by atomic mass is 15.4. The van der Waals surface area contributed by atoms with Crippen molar-refractivity contribution in [3.8, 4) is 0 Å². The molecule has 0 aromatic carbocycles. The van der Waals surface area contributed by atoms with Crippen LogP contribution in [0.4, 0.5) is 5.69 Å². The van der Waals surface area contributed by atoms with Gasteiger partial charge in [-0.1, -0.05) is 0 Å². The van der Waals surface area contributed by atoms with Crippen molar-refractivity contribution >= 4 is 16.9 Å². The van der Waals surface area contributed by atoms with Crippen LogP contribution < -0.4 is 4.90 Å². The first-order chi connectivity index (χ1) is 7.45. The van der Waals surface area contributed by atoms with Crippen molar-refractivity contribution in [2.45, 2.75) is 19.3 Å². The number of aromatic nitrogens is 5. The molecule has 2 aromatic heterocycles. The molecule has 78 valence electrons. The molecule has 15 heavy (non-hydrogen) atoms. The van der Waals surface area contributed by atoms with Gasteiger partial charge in [-0.15, -0.1) is 10.2 Å². The van der Waals surface area contributed by atoms with Crippen LogP contribution >= 0.6 is 0 Å². The van der Waals surface area contributed by atoms with E-state index in [0.29, 0.717) is 5.65 Å². The normalized spacial score (nSPS) is 17.2. The fraction of sp³-hybridized carbons (Fsp3) is 0.556. The zero-order chi connectivity index (χ0) is 10.1. The van der Waals surface area contributed by atoms with E-state index in [4.69, 9.17) is 0 Å². The summed E-state index contributed by atoms with van der Waals surface area (Å²) >= 11 is 0. The molecular weight excluding hydrogens is 192 g/mol. The lowest BCUT2D eigenvalue weighted by Gasteiger charge is -2.28. The fourth-order valence-electron chi connectivity index (χ4n) is 2.03. The highest BCUT2D eigenvalue weighted by Crippen LogP contribution is 2.23. The maximum atomic E-state index is 4.11. The summed E-state index contributed by atoms with van der Waals surface area (Å²) in [6.45, 7) is 2.15. The second kappa shape index (κ2) is 3.45. The number of nitrogens with zero attached hydrogens (tertiary/aromatic N) is 5. The van der Waals surface area contributed by atoms with Crippen molar-refractivity contribution in [3.05, 3.63) is 6.20 Å². The van der Waals surface area contributed by atoms with Gasteiger partial charge in [0.25, 0.3) is 0 Å². The molecule has 0 spiro atoms. The number of piperidine rings is 1. The van der Waals surface area contributed by atoms with Crippen LogP contribution in [0.3, 0.4) is 0 Å². The third-order valence-corrected chi connectivity index (χ3v) is 2.80. The van der Waals surface area contributed by atoms with E-state index in [2.05, 4.69) is 30.5 Å². The number of rotatable bonds is 1. The molecule has 1 aliphatic heterocycles. The van der Waals surface area contributed by atoms with Crippen molar-refractivity contribution in [1.82, 2.24) is 25.6 Å². The predicted molar refractivity (Wildman–Crippen MR) is 55.5 cm³/mol. The summed E-state index contributed by atoms with van der Waals surface area (Å²) in [4.78, 5) is 2.31. The average molecular weight is 204 g/mol. The van der Waals surface area contributed by atoms with Gasteiger partial charge in [0.2, 0.25) is 5.65 Å². The molecule has 2 aromatic rings. The zero-order valence-corrected chi connectivity index (χ0v) is 8.35. The molecular formula is C9H12N6. The summed E-state index contributed by atoms with van der Waals surface area (Å²) < 4.78 is 0. The van der Waals surface area contributed by atoms with E-state index in [1.54, 1.807) is 6.20 Å². The second-order valence-electron chi connectivity index (χ2n) is 3.77. The molecule has 1 saturated heterocycles. The van der Waals surface area contributed by atoms with E-state index in [1.165, 1.54) is 19.3 Å². The average Bonchev–Trinajstić information content (AvgIpc) is 2.78. The molecule has 0 unspecified atom stereocenters. The Kier molecular flexibility index (Phi) is 1.97. The lowest BCUT2D eigenvalue weighted by atomic mass is 10.1. The first-order valence-electron chi connectivity index (χ1n) is 5.22. The van der Waals surface area contributed by atoms with E-state index < -0.39 is 0 Å². The third-order valence-electron chi connectivity index (χ3n) is 2.80. The number of anilines is 1. The van der Waals surface area contributed by atoms with Gasteiger partial charge in [-0.25, -0.2) is 0 Å². The Morgan fingerprint density at radius 3 is 2.87 bits per heavy atom. The van der Waals surface area contributed by atoms with Crippen molar-refractivity contribution in [2.24, 2.45) is 0 Å². The van der Waals surface area contributed by atoms with Gasteiger partial charge < -0.3 is 4.90 Å². The van der Waals surface area contributed by atoms with Crippen LogP contribution in [-0.2, 0) is 0 Å². The van der Waals surface area contributed by atoms with Crippen molar-refractivity contribution in [1.29, 1.82) is 0 Å². The molecule has 3 heterocycles. The van der Waals surface area contributed by atoms with Crippen LogP contribution in [0.1, 0.15) is 19.3 Å². The van der Waals surface area contributed by atoms with Gasteiger partial charge in [0.05, 0.1) is 11.9 Å². The largest absolute Gasteiger partial charge is 0.368 e. The molecule has 0 atom stereocenters. The smallest absolute Gasteiger partial charge is 0.225 e. The lowest BCUT2D eigenvalue weighted by Crippen LogP contribution is -2.29. The number of hydrogen-bond acceptors (Lipinski definition) is 5. The van der Waals surface area contributed by atoms with Crippen LogP contribution in [0.15, 0.2) is 6.20 Å². The van der Waals surface area contributed by atoms with E-state index in [-0.39, 0.29) is 0 Å². The minimum Gasteiger partial charge on any atom is -0.368 e. The maximum absolute atomic E-state index is 4.11. The Bertz CT molecular complexity index is 458. The van der Waals surface area contributed by atoms with Gasteiger partial charge in [0, 0.05) is 13.1 Å². The zero-order valence-electron chi connectivity index (χ0n) is 8.35. The maximum Gasteiger partial charge on any atom is 0.225 e. The summed E-state index contributed by atoms with van der Waals surface area (Å²) in [5, 5.41) is 18.5. The molecule has 0 saturated carbocycles. The van der Waals surface area contributed by atoms with Crippen LogP contribution in [0, 0.1) is 0 Å². The first kappa shape index (κ1) is 8.58. The van der Waals surface area contributed by atoms with Gasteiger partial charge >= 0.3 is 0 Å². The van der Waals surface area contributed by atoms with Crippen molar-refractivity contribution in [2.75, 3.05) is 18.0 Å². The van der Waals surface area contributed by atoms with Crippen LogP contribution in [-0.4, -0.2) is 38.7 Å². The molecule has 6 nitrogen and oxygen atoms in total. The van der Waals surface area contributed by atoms with Gasteiger partial charge in [0.1, 0.15) is 0 Å². The number of nitrogens with one attached hydrogen (secondary N) is 1. The quantitative estimate of drug-likeness (QED) is 0.741. The highest BCUT2D eigenvalue weighted by Gasteiger charge is 2.16. The molecule has 0 radical (unpaired) electrons. The fourth-order valence-corrected chi connectivity index (χ4v) is 2.03. The Morgan fingerprint density at radius 1 is 1.13 bits per heavy atom. The number of hydrogen-bond donors (Lipinski definition) is 1. The minimum absolute atomic E-state index is 0.595. The third kappa shape index (κ3) is 1.42. The highest BCUT2D eigenvalue weighted by molar-refractivity contribution is 5.83. The molecule has 1 aliphatic rings. The van der Waals surface area contributed by atoms with Crippen LogP contribution in [0.25, 0.3) is 11.2 Å². The minimum atomic E-state index is 0.595. The van der Waals surface area contributed by atoms with E-state index >= 15 is 0 Å². The summed E-state index contributed by atoms with van der Waals surface area (Å²) in [7, 11) is 0. The molecule has 0 amide bonds. The summed E-state index contributed by atoms with van der Waals surface area (Å²) in [5.74, 6) is 0. The number of H-pyrrole nitrogens is 1. The lowest BCUT2D eigenvalue weighted by molar-refractivity contribution is 0.578. The molecule has 0 aliphatic carbocycles. The monoisotopic (exact) mass is 204 g/mol.